The minimum atomic E-state index is -0.282. The maximum Gasteiger partial charge on any atom is 0.259 e. The predicted octanol–water partition coefficient (Wildman–Crippen LogP) is 2.62. The summed E-state index contributed by atoms with van der Waals surface area (Å²) in [5.74, 6) is 0.850. The number of aromatic nitrogens is 1. The Morgan fingerprint density at radius 3 is 2.25 bits per heavy atom. The molecule has 0 bridgehead atoms. The molecule has 0 spiro atoms. The van der Waals surface area contributed by atoms with E-state index in [2.05, 4.69) is 16.7 Å². The van der Waals surface area contributed by atoms with Crippen molar-refractivity contribution in [3.8, 4) is 11.5 Å². The summed E-state index contributed by atoms with van der Waals surface area (Å²) in [4.78, 5) is 18.0. The molecule has 0 unspecified atom stereocenters. The SMILES string of the molecule is CCN1CCN([C@H](c2ccc(OC)cc2)c2c(O)cc(C)n(CC)c2=O)CC1. The molecule has 1 aromatic heterocycles. The Morgan fingerprint density at radius 2 is 1.71 bits per heavy atom. The minimum absolute atomic E-state index is 0.0749. The largest absolute Gasteiger partial charge is 0.507 e. The molecule has 1 aliphatic heterocycles. The summed E-state index contributed by atoms with van der Waals surface area (Å²) in [5.41, 5.74) is 2.11. The van der Waals surface area contributed by atoms with Crippen molar-refractivity contribution in [2.45, 2.75) is 33.4 Å². The highest BCUT2D eigenvalue weighted by atomic mass is 16.5. The van der Waals surface area contributed by atoms with Gasteiger partial charge in [-0.25, -0.2) is 0 Å². The van der Waals surface area contributed by atoms with E-state index in [1.807, 2.05) is 38.1 Å². The molecule has 1 fully saturated rings. The summed E-state index contributed by atoms with van der Waals surface area (Å²) < 4.78 is 7.02. The van der Waals surface area contributed by atoms with Crippen molar-refractivity contribution in [2.24, 2.45) is 0 Å². The van der Waals surface area contributed by atoms with Crippen molar-refractivity contribution < 1.29 is 9.84 Å². The molecule has 6 nitrogen and oxygen atoms in total. The van der Waals surface area contributed by atoms with Crippen LogP contribution in [0.4, 0.5) is 0 Å². The Labute approximate surface area is 167 Å². The second-order valence-electron chi connectivity index (χ2n) is 7.28. The molecule has 0 saturated carbocycles. The van der Waals surface area contributed by atoms with Gasteiger partial charge in [-0.05, 0) is 44.2 Å². The van der Waals surface area contributed by atoms with Crippen molar-refractivity contribution in [1.29, 1.82) is 0 Å². The fraction of sp³-hybridized carbons (Fsp3) is 0.500. The first-order valence-electron chi connectivity index (χ1n) is 10.0. The van der Waals surface area contributed by atoms with Gasteiger partial charge in [-0.1, -0.05) is 19.1 Å². The number of nitrogens with zero attached hydrogens (tertiary/aromatic N) is 3. The average Bonchev–Trinajstić information content (AvgIpc) is 2.71. The molecule has 1 aliphatic rings. The van der Waals surface area contributed by atoms with E-state index in [1.165, 1.54) is 0 Å². The van der Waals surface area contributed by atoms with E-state index >= 15 is 0 Å². The number of aromatic hydroxyl groups is 1. The Morgan fingerprint density at radius 1 is 1.07 bits per heavy atom. The van der Waals surface area contributed by atoms with E-state index in [4.69, 9.17) is 4.74 Å². The third kappa shape index (κ3) is 3.93. The van der Waals surface area contributed by atoms with Crippen LogP contribution in [0.5, 0.6) is 11.5 Å². The molecule has 0 amide bonds. The van der Waals surface area contributed by atoms with Crippen LogP contribution in [0.3, 0.4) is 0 Å². The predicted molar refractivity (Wildman–Crippen MR) is 111 cm³/mol. The van der Waals surface area contributed by atoms with Crippen molar-refractivity contribution >= 4 is 0 Å². The van der Waals surface area contributed by atoms with Gasteiger partial charge in [0, 0.05) is 38.4 Å². The van der Waals surface area contributed by atoms with Gasteiger partial charge in [0.15, 0.2) is 0 Å². The maximum atomic E-state index is 13.3. The molecule has 0 radical (unpaired) electrons. The zero-order chi connectivity index (χ0) is 20.3. The zero-order valence-electron chi connectivity index (χ0n) is 17.3. The fourth-order valence-electron chi connectivity index (χ4n) is 4.10. The molecule has 2 aromatic rings. The van der Waals surface area contributed by atoms with Crippen LogP contribution in [0, 0.1) is 6.92 Å². The highest BCUT2D eigenvalue weighted by molar-refractivity contribution is 5.42. The smallest absolute Gasteiger partial charge is 0.259 e. The molecule has 1 N–H and O–H groups in total. The number of hydrogen-bond donors (Lipinski definition) is 1. The summed E-state index contributed by atoms with van der Waals surface area (Å²) in [7, 11) is 1.64. The number of benzene rings is 1. The molecular weight excluding hydrogens is 354 g/mol. The molecular formula is C22H31N3O3. The van der Waals surface area contributed by atoms with Crippen LogP contribution in [0.15, 0.2) is 35.1 Å². The average molecular weight is 386 g/mol. The van der Waals surface area contributed by atoms with Gasteiger partial charge < -0.3 is 19.3 Å². The number of piperazine rings is 1. The molecule has 1 atom stereocenters. The van der Waals surface area contributed by atoms with Crippen LogP contribution < -0.4 is 10.3 Å². The lowest BCUT2D eigenvalue weighted by molar-refractivity contribution is 0.111. The van der Waals surface area contributed by atoms with Crippen LogP contribution in [0.2, 0.25) is 0 Å². The van der Waals surface area contributed by atoms with Crippen LogP contribution in [0.1, 0.15) is 36.7 Å². The van der Waals surface area contributed by atoms with Gasteiger partial charge >= 0.3 is 0 Å². The summed E-state index contributed by atoms with van der Waals surface area (Å²) >= 11 is 0. The molecule has 28 heavy (non-hydrogen) atoms. The lowest BCUT2D eigenvalue weighted by Gasteiger charge is -2.39. The number of rotatable bonds is 6. The summed E-state index contributed by atoms with van der Waals surface area (Å²) in [6, 6.07) is 9.23. The monoisotopic (exact) mass is 385 g/mol. The normalized spacial score (nSPS) is 16.9. The number of hydrogen-bond acceptors (Lipinski definition) is 5. The molecule has 1 aromatic carbocycles. The van der Waals surface area contributed by atoms with E-state index in [-0.39, 0.29) is 17.4 Å². The summed E-state index contributed by atoms with van der Waals surface area (Å²) in [6.07, 6.45) is 0. The maximum absolute atomic E-state index is 13.3. The highest BCUT2D eigenvalue weighted by Gasteiger charge is 2.31. The van der Waals surface area contributed by atoms with E-state index in [0.717, 1.165) is 49.7 Å². The minimum Gasteiger partial charge on any atom is -0.507 e. The number of pyridine rings is 1. The second kappa shape index (κ2) is 8.80. The quantitative estimate of drug-likeness (QED) is 0.828. The van der Waals surface area contributed by atoms with E-state index in [1.54, 1.807) is 17.7 Å². The van der Waals surface area contributed by atoms with Crippen LogP contribution >= 0.6 is 0 Å². The fourth-order valence-corrected chi connectivity index (χ4v) is 4.10. The molecule has 3 rings (SSSR count). The van der Waals surface area contributed by atoms with Gasteiger partial charge in [0.05, 0.1) is 18.7 Å². The first-order chi connectivity index (χ1) is 13.5. The van der Waals surface area contributed by atoms with Gasteiger partial charge in [-0.2, -0.15) is 0 Å². The third-order valence-corrected chi connectivity index (χ3v) is 5.76. The number of methoxy groups -OCH3 is 1. The van der Waals surface area contributed by atoms with Crippen LogP contribution in [-0.2, 0) is 6.54 Å². The van der Waals surface area contributed by atoms with E-state index in [0.29, 0.717) is 12.1 Å². The lowest BCUT2D eigenvalue weighted by Crippen LogP contribution is -2.48. The van der Waals surface area contributed by atoms with Gasteiger partial charge in [0.1, 0.15) is 11.5 Å². The van der Waals surface area contributed by atoms with Crippen LogP contribution in [0.25, 0.3) is 0 Å². The topological polar surface area (TPSA) is 57.9 Å². The summed E-state index contributed by atoms with van der Waals surface area (Å²) in [6.45, 7) is 11.2. The second-order valence-corrected chi connectivity index (χ2v) is 7.28. The molecule has 6 heteroatoms. The van der Waals surface area contributed by atoms with Crippen molar-refractivity contribution in [2.75, 3.05) is 39.8 Å². The number of ether oxygens (including phenoxy) is 1. The van der Waals surface area contributed by atoms with Crippen LogP contribution in [-0.4, -0.2) is 59.3 Å². The molecule has 1 saturated heterocycles. The van der Waals surface area contributed by atoms with Crippen molar-refractivity contribution in [1.82, 2.24) is 14.4 Å². The third-order valence-electron chi connectivity index (χ3n) is 5.76. The Bertz CT molecular complexity index is 853. The molecule has 0 aliphatic carbocycles. The van der Waals surface area contributed by atoms with Gasteiger partial charge in [0.2, 0.25) is 0 Å². The number of likely N-dealkylation sites (N-methyl/N-ethyl adjacent to an activating group) is 1. The molecule has 152 valence electrons. The standard InChI is InChI=1S/C22H31N3O3/c1-5-23-11-13-24(14-12-23)21(17-7-9-18(28-4)10-8-17)20-19(26)15-16(3)25(6-2)22(20)27/h7-10,15,21,26H,5-6,11-14H2,1-4H3/t21-/m1/s1. The van der Waals surface area contributed by atoms with Gasteiger partial charge in [0.25, 0.3) is 5.56 Å². The first-order valence-corrected chi connectivity index (χ1v) is 10.0. The van der Waals surface area contributed by atoms with Crippen molar-refractivity contribution in [3.05, 3.63) is 57.5 Å². The summed E-state index contributed by atoms with van der Waals surface area (Å²) in [5, 5.41) is 10.8. The van der Waals surface area contributed by atoms with Crippen molar-refractivity contribution in [3.63, 3.8) is 0 Å². The Hall–Kier alpha value is -2.31. The lowest BCUT2D eigenvalue weighted by atomic mass is 9.96. The van der Waals surface area contributed by atoms with Gasteiger partial charge in [-0.3, -0.25) is 9.69 Å². The Balaban J connectivity index is 2.10. The zero-order valence-corrected chi connectivity index (χ0v) is 17.3. The Kier molecular flexibility index (Phi) is 6.42. The first kappa shape index (κ1) is 20.4. The van der Waals surface area contributed by atoms with Gasteiger partial charge in [-0.15, -0.1) is 0 Å². The van der Waals surface area contributed by atoms with E-state index < -0.39 is 0 Å². The van der Waals surface area contributed by atoms with E-state index in [9.17, 15) is 9.90 Å². The highest BCUT2D eigenvalue weighted by Crippen LogP contribution is 2.34. The number of aryl methyl sites for hydroxylation is 1. The molecule has 2 heterocycles.